The second-order valence-electron chi connectivity index (χ2n) is 12.2. The van der Waals surface area contributed by atoms with Crippen LogP contribution in [0.15, 0.2) is 91.0 Å². The number of rotatable bonds is 12. The Morgan fingerprint density at radius 1 is 0.694 bits per heavy atom. The van der Waals surface area contributed by atoms with Gasteiger partial charge in [-0.15, -0.1) is 0 Å². The van der Waals surface area contributed by atoms with Crippen molar-refractivity contribution in [3.05, 3.63) is 102 Å². The molecule has 194 valence electrons. The van der Waals surface area contributed by atoms with E-state index >= 15 is 0 Å². The molecule has 2 nitrogen and oxygen atoms in total. The lowest BCUT2D eigenvalue weighted by atomic mass is 10.1. The zero-order valence-corrected chi connectivity index (χ0v) is 25.6. The van der Waals surface area contributed by atoms with Crippen molar-refractivity contribution in [3.8, 4) is 0 Å². The molecule has 3 aromatic rings. The van der Waals surface area contributed by atoms with Crippen LogP contribution in [0.25, 0.3) is 0 Å². The van der Waals surface area contributed by atoms with Crippen molar-refractivity contribution in [2.45, 2.75) is 83.6 Å². The fraction of sp³-hybridized carbons (Fsp3) is 0.438. The molecule has 0 aliphatic heterocycles. The van der Waals surface area contributed by atoms with E-state index in [1.807, 2.05) is 0 Å². The summed E-state index contributed by atoms with van der Waals surface area (Å²) < 4.78 is 6.61. The van der Waals surface area contributed by atoms with Crippen LogP contribution in [0, 0.1) is 0 Å². The summed E-state index contributed by atoms with van der Waals surface area (Å²) in [5, 5.41) is 1.78. The molecule has 0 N–H and O–H groups in total. The summed E-state index contributed by atoms with van der Waals surface area (Å²) in [6.07, 6.45) is 2.25. The van der Waals surface area contributed by atoms with Gasteiger partial charge in [-0.05, 0) is 42.1 Å². The average Bonchev–Trinajstić information content (AvgIpc) is 2.84. The molecular formula is C32H47NOSi2. The van der Waals surface area contributed by atoms with Gasteiger partial charge in [0.25, 0.3) is 0 Å². The Morgan fingerprint density at radius 2 is 1.14 bits per heavy atom. The van der Waals surface area contributed by atoms with Crippen molar-refractivity contribution in [3.63, 3.8) is 0 Å². The molecule has 0 saturated heterocycles. The van der Waals surface area contributed by atoms with E-state index < -0.39 is 16.4 Å². The quantitative estimate of drug-likeness (QED) is 0.178. The Labute approximate surface area is 222 Å². The first kappa shape index (κ1) is 28.6. The Balaban J connectivity index is 1.90. The second kappa shape index (κ2) is 12.5. The molecule has 0 aromatic heterocycles. The van der Waals surface area contributed by atoms with Crippen LogP contribution in [0.4, 0.5) is 0 Å². The average molecular weight is 518 g/mol. The summed E-state index contributed by atoms with van der Waals surface area (Å²) in [5.41, 5.74) is 3.27. The van der Waals surface area contributed by atoms with Crippen molar-refractivity contribution in [2.24, 2.45) is 0 Å². The molecule has 4 heteroatoms. The van der Waals surface area contributed by atoms with E-state index in [1.54, 1.807) is 0 Å². The summed E-state index contributed by atoms with van der Waals surface area (Å²) in [5.74, 6) is 0. The van der Waals surface area contributed by atoms with Gasteiger partial charge in [-0.1, -0.05) is 130 Å². The van der Waals surface area contributed by atoms with Gasteiger partial charge in [-0.3, -0.25) is 4.90 Å². The zero-order valence-electron chi connectivity index (χ0n) is 23.6. The monoisotopic (exact) mass is 517 g/mol. The topological polar surface area (TPSA) is 12.5 Å². The summed E-state index contributed by atoms with van der Waals surface area (Å²) in [4.78, 5) is 2.76. The van der Waals surface area contributed by atoms with E-state index in [4.69, 9.17) is 4.43 Å². The van der Waals surface area contributed by atoms with Crippen molar-refractivity contribution in [1.82, 2.24) is 4.90 Å². The lowest BCUT2D eigenvalue weighted by Gasteiger charge is -2.42. The fourth-order valence-corrected chi connectivity index (χ4v) is 9.34. The van der Waals surface area contributed by atoms with Crippen LogP contribution in [-0.2, 0) is 17.5 Å². The van der Waals surface area contributed by atoms with Gasteiger partial charge in [0.1, 0.15) is 0 Å². The first-order valence-corrected chi connectivity index (χ1v) is 19.5. The summed E-state index contributed by atoms with van der Waals surface area (Å²) in [7, 11) is -3.57. The molecule has 0 spiro atoms. The van der Waals surface area contributed by atoms with E-state index in [9.17, 15) is 0 Å². The van der Waals surface area contributed by atoms with Crippen molar-refractivity contribution in [1.29, 1.82) is 0 Å². The molecule has 3 rings (SSSR count). The molecule has 0 radical (unpaired) electrons. The lowest BCUT2D eigenvalue weighted by molar-refractivity contribution is 0.201. The van der Waals surface area contributed by atoms with Gasteiger partial charge in [-0.25, -0.2) is 0 Å². The Kier molecular flexibility index (Phi) is 9.93. The molecule has 0 bridgehead atoms. The van der Waals surface area contributed by atoms with Gasteiger partial charge in [0, 0.05) is 25.4 Å². The van der Waals surface area contributed by atoms with E-state index in [-0.39, 0.29) is 5.04 Å². The third-order valence-electron chi connectivity index (χ3n) is 8.14. The predicted molar refractivity (Wildman–Crippen MR) is 162 cm³/mol. The largest absolute Gasteiger partial charge is 0.417 e. The first-order chi connectivity index (χ1) is 17.0. The minimum absolute atomic E-state index is 0.247. The highest BCUT2D eigenvalue weighted by molar-refractivity contribution is 6.91. The molecule has 3 aromatic carbocycles. The van der Waals surface area contributed by atoms with Crippen LogP contribution >= 0.6 is 0 Å². The number of hydrogen-bond acceptors (Lipinski definition) is 2. The number of hydrogen-bond donors (Lipinski definition) is 0. The van der Waals surface area contributed by atoms with E-state index in [0.717, 1.165) is 32.5 Å². The standard InChI is InChI=1S/C32H47NOSi2/c1-32(2,3)36(6,7)34-25-17-24-31(35(4,5)30-22-15-10-16-23-30)33(26-28-18-11-8-12-19-28)27-29-20-13-9-14-21-29/h8-16,18-23,31H,17,24-27H2,1-7H3/t31-/m1/s1. The number of nitrogens with zero attached hydrogens (tertiary/aromatic N) is 1. The minimum atomic E-state index is -1.83. The predicted octanol–water partition coefficient (Wildman–Crippen LogP) is 8.01. The van der Waals surface area contributed by atoms with Gasteiger partial charge in [0.05, 0.1) is 8.07 Å². The van der Waals surface area contributed by atoms with E-state index in [0.29, 0.717) is 5.67 Å². The normalized spacial score (nSPS) is 13.7. The second-order valence-corrected chi connectivity index (χ2v) is 21.7. The minimum Gasteiger partial charge on any atom is -0.417 e. The maximum atomic E-state index is 6.61. The molecule has 0 saturated carbocycles. The Hall–Kier alpha value is -1.99. The molecule has 1 atom stereocenters. The van der Waals surface area contributed by atoms with E-state index in [1.165, 1.54) is 16.3 Å². The maximum absolute atomic E-state index is 6.61. The molecule has 0 aliphatic carbocycles. The highest BCUT2D eigenvalue weighted by atomic mass is 28.4. The van der Waals surface area contributed by atoms with Gasteiger partial charge in [0.2, 0.25) is 0 Å². The van der Waals surface area contributed by atoms with E-state index in [2.05, 4.69) is 143 Å². The molecule has 0 aliphatic rings. The van der Waals surface area contributed by atoms with Crippen LogP contribution < -0.4 is 5.19 Å². The first-order valence-electron chi connectivity index (χ1n) is 13.5. The van der Waals surface area contributed by atoms with Crippen molar-refractivity contribution in [2.75, 3.05) is 6.61 Å². The van der Waals surface area contributed by atoms with Gasteiger partial charge < -0.3 is 4.43 Å². The van der Waals surface area contributed by atoms with Gasteiger partial charge >= 0.3 is 0 Å². The molecule has 0 amide bonds. The lowest BCUT2D eigenvalue weighted by Crippen LogP contribution is -2.59. The Morgan fingerprint density at radius 3 is 1.58 bits per heavy atom. The number of benzene rings is 3. The molecule has 0 heterocycles. The summed E-state index contributed by atoms with van der Waals surface area (Å²) >= 11 is 0. The van der Waals surface area contributed by atoms with Crippen molar-refractivity contribution < 1.29 is 4.43 Å². The highest BCUT2D eigenvalue weighted by Crippen LogP contribution is 2.36. The van der Waals surface area contributed by atoms with Gasteiger partial charge in [-0.2, -0.15) is 0 Å². The maximum Gasteiger partial charge on any atom is 0.191 e. The molecule has 0 fully saturated rings. The van der Waals surface area contributed by atoms with Crippen LogP contribution in [-0.4, -0.2) is 33.6 Å². The van der Waals surface area contributed by atoms with Gasteiger partial charge in [0.15, 0.2) is 8.32 Å². The van der Waals surface area contributed by atoms with Crippen LogP contribution in [0.1, 0.15) is 44.7 Å². The highest BCUT2D eigenvalue weighted by Gasteiger charge is 2.39. The third kappa shape index (κ3) is 7.75. The van der Waals surface area contributed by atoms with Crippen molar-refractivity contribution >= 4 is 21.6 Å². The molecule has 0 unspecified atom stereocenters. The zero-order chi connectivity index (χ0) is 26.2. The third-order valence-corrected chi connectivity index (χ3v) is 16.8. The van der Waals surface area contributed by atoms with Crippen LogP contribution in [0.2, 0.25) is 31.2 Å². The summed E-state index contributed by atoms with van der Waals surface area (Å²) in [6.45, 7) is 19.6. The smallest absolute Gasteiger partial charge is 0.191 e. The molecular weight excluding hydrogens is 471 g/mol. The summed E-state index contributed by atoms with van der Waals surface area (Å²) in [6, 6.07) is 33.2. The molecule has 36 heavy (non-hydrogen) atoms. The fourth-order valence-electron chi connectivity index (χ4n) is 4.79. The SMILES string of the molecule is CC(C)(C)[Si](C)(C)OCCC[C@H](N(Cc1ccccc1)Cc1ccccc1)[Si](C)(C)c1ccccc1. The Bertz CT molecular complexity index is 989. The van der Waals surface area contributed by atoms with Crippen LogP contribution in [0.3, 0.4) is 0 Å². The van der Waals surface area contributed by atoms with Crippen LogP contribution in [0.5, 0.6) is 0 Å².